The Morgan fingerprint density at radius 1 is 0.919 bits per heavy atom. The van der Waals surface area contributed by atoms with Gasteiger partial charge in [0.2, 0.25) is 0 Å². The van der Waals surface area contributed by atoms with E-state index in [2.05, 4.69) is 25.6 Å². The number of aromatic nitrogens is 3. The molecule has 0 bridgehead atoms. The smallest absolute Gasteiger partial charge is 0.253 e. The summed E-state index contributed by atoms with van der Waals surface area (Å²) in [5.74, 6) is -1.95. The van der Waals surface area contributed by atoms with Gasteiger partial charge in [-0.25, -0.2) is 18.7 Å². The first-order valence-electron chi connectivity index (χ1n) is 11.5. The first-order chi connectivity index (χ1) is 18.0. The topological polar surface area (TPSA) is 106 Å². The number of hydrogen-bond acceptors (Lipinski definition) is 6. The van der Waals surface area contributed by atoms with E-state index in [1.165, 1.54) is 18.6 Å². The first-order valence-corrected chi connectivity index (χ1v) is 11.5. The van der Waals surface area contributed by atoms with Gasteiger partial charge in [-0.15, -0.1) is 0 Å². The molecule has 0 unspecified atom stereocenters. The van der Waals surface area contributed by atoms with Gasteiger partial charge < -0.3 is 16.4 Å². The average molecular weight is 497 g/mol. The molecule has 0 atom stereocenters. The molecule has 9 heteroatoms. The number of pyridine rings is 1. The first kappa shape index (κ1) is 23.8. The van der Waals surface area contributed by atoms with Crippen molar-refractivity contribution in [3.63, 3.8) is 0 Å². The highest BCUT2D eigenvalue weighted by Gasteiger charge is 2.15. The lowest BCUT2D eigenvalue weighted by molar-refractivity contribution is 0.0950. The molecule has 0 aliphatic carbocycles. The van der Waals surface area contributed by atoms with Crippen molar-refractivity contribution >= 4 is 28.3 Å². The molecule has 0 spiro atoms. The van der Waals surface area contributed by atoms with Gasteiger partial charge >= 0.3 is 0 Å². The number of nitrogen functional groups attached to an aromatic ring is 1. The molecule has 5 rings (SSSR count). The minimum absolute atomic E-state index is 0.00693. The Morgan fingerprint density at radius 2 is 1.78 bits per heavy atom. The summed E-state index contributed by atoms with van der Waals surface area (Å²) in [6.45, 7) is 0.241. The van der Waals surface area contributed by atoms with Gasteiger partial charge in [0.1, 0.15) is 12.1 Å². The number of amides is 1. The van der Waals surface area contributed by atoms with Gasteiger partial charge in [-0.1, -0.05) is 30.3 Å². The van der Waals surface area contributed by atoms with Crippen LogP contribution in [-0.2, 0) is 13.1 Å². The number of nitrogens with one attached hydrogen (secondary N) is 2. The highest BCUT2D eigenvalue weighted by atomic mass is 19.2. The average Bonchev–Trinajstić information content (AvgIpc) is 2.93. The monoisotopic (exact) mass is 496 g/mol. The summed E-state index contributed by atoms with van der Waals surface area (Å²) in [5, 5.41) is 6.48. The van der Waals surface area contributed by atoms with E-state index < -0.39 is 11.6 Å². The third kappa shape index (κ3) is 5.20. The van der Waals surface area contributed by atoms with Crippen LogP contribution in [0.15, 0.2) is 85.5 Å². The van der Waals surface area contributed by atoms with Gasteiger partial charge in [0.15, 0.2) is 11.6 Å². The molecule has 5 aromatic rings. The molecule has 0 fully saturated rings. The second-order valence-electron chi connectivity index (χ2n) is 8.36. The predicted octanol–water partition coefficient (Wildman–Crippen LogP) is 5.09. The molecule has 4 N–H and O–H groups in total. The summed E-state index contributed by atoms with van der Waals surface area (Å²) in [7, 11) is 0. The van der Waals surface area contributed by atoms with Crippen LogP contribution in [0.3, 0.4) is 0 Å². The maximum atomic E-state index is 14.8. The van der Waals surface area contributed by atoms with E-state index in [9.17, 15) is 13.6 Å². The lowest BCUT2D eigenvalue weighted by atomic mass is 10.0. The molecule has 37 heavy (non-hydrogen) atoms. The molecule has 0 radical (unpaired) electrons. The Balaban J connectivity index is 1.35. The molecular weight excluding hydrogens is 474 g/mol. The Hall–Kier alpha value is -4.92. The molecule has 7 nitrogen and oxygen atoms in total. The number of carbonyl (C=O) groups is 1. The van der Waals surface area contributed by atoms with Crippen molar-refractivity contribution in [2.24, 2.45) is 0 Å². The Bertz CT molecular complexity index is 1590. The number of benzene rings is 3. The zero-order valence-corrected chi connectivity index (χ0v) is 19.6. The molecule has 2 aromatic heterocycles. The van der Waals surface area contributed by atoms with Crippen molar-refractivity contribution in [2.45, 2.75) is 13.1 Å². The molecule has 1 amide bonds. The number of nitrogens with zero attached hydrogens (tertiary/aromatic N) is 3. The minimum atomic E-state index is -1.01. The fourth-order valence-corrected chi connectivity index (χ4v) is 4.01. The van der Waals surface area contributed by atoms with Crippen LogP contribution < -0.4 is 16.4 Å². The Morgan fingerprint density at radius 3 is 2.62 bits per heavy atom. The van der Waals surface area contributed by atoms with E-state index in [1.807, 2.05) is 42.5 Å². The Kier molecular flexibility index (Phi) is 6.67. The molecule has 0 aliphatic rings. The summed E-state index contributed by atoms with van der Waals surface area (Å²) in [6, 6.07) is 19.2. The van der Waals surface area contributed by atoms with Gasteiger partial charge in [-0.3, -0.25) is 9.78 Å². The van der Waals surface area contributed by atoms with Crippen molar-refractivity contribution in [1.82, 2.24) is 20.3 Å². The quantitative estimate of drug-likeness (QED) is 0.290. The molecule has 2 heterocycles. The van der Waals surface area contributed by atoms with Gasteiger partial charge in [0.05, 0.1) is 16.8 Å². The van der Waals surface area contributed by atoms with Crippen molar-refractivity contribution in [3.8, 4) is 11.1 Å². The fourth-order valence-electron chi connectivity index (χ4n) is 4.01. The Labute approximate surface area is 211 Å². The number of nitrogens with two attached hydrogens (primary N) is 1. The van der Waals surface area contributed by atoms with Crippen LogP contribution in [0.1, 0.15) is 21.5 Å². The third-order valence-electron chi connectivity index (χ3n) is 5.94. The standard InChI is InChI=1S/C28H22F2N6O/c29-23-8-6-20(15-34-28(37)21-5-2-10-32-14-21)26(25(23)30)33-13-17-3-1-4-18(11-17)19-7-9-24-22(12-19)27(31)36-16-35-24/h1-12,14,16,33H,13,15H2,(H,34,37)(H2,31,35,36). The van der Waals surface area contributed by atoms with Crippen LogP contribution >= 0.6 is 0 Å². The van der Waals surface area contributed by atoms with E-state index in [4.69, 9.17) is 5.73 Å². The lowest BCUT2D eigenvalue weighted by Gasteiger charge is -2.15. The van der Waals surface area contributed by atoms with E-state index in [0.29, 0.717) is 16.9 Å². The number of carbonyl (C=O) groups excluding carboxylic acids is 1. The third-order valence-corrected chi connectivity index (χ3v) is 5.94. The van der Waals surface area contributed by atoms with Crippen LogP contribution in [0, 0.1) is 11.6 Å². The van der Waals surface area contributed by atoms with Crippen molar-refractivity contribution in [3.05, 3.63) is 114 Å². The SMILES string of the molecule is Nc1ncnc2ccc(-c3cccc(CNc4c(CNC(=O)c5cccnc5)ccc(F)c4F)c3)cc12. The van der Waals surface area contributed by atoms with E-state index in [0.717, 1.165) is 33.7 Å². The number of fused-ring (bicyclic) bond motifs is 1. The molecule has 3 aromatic carbocycles. The van der Waals surface area contributed by atoms with Gasteiger partial charge in [-0.2, -0.15) is 0 Å². The maximum absolute atomic E-state index is 14.8. The normalized spacial score (nSPS) is 10.9. The summed E-state index contributed by atoms with van der Waals surface area (Å²) in [4.78, 5) is 24.6. The lowest BCUT2D eigenvalue weighted by Crippen LogP contribution is -2.23. The fraction of sp³-hybridized carbons (Fsp3) is 0.0714. The van der Waals surface area contributed by atoms with Crippen LogP contribution in [0.25, 0.3) is 22.0 Å². The zero-order valence-electron chi connectivity index (χ0n) is 19.6. The maximum Gasteiger partial charge on any atom is 0.253 e. The molecule has 0 saturated heterocycles. The summed E-state index contributed by atoms with van der Waals surface area (Å²) in [6.07, 6.45) is 4.42. The summed E-state index contributed by atoms with van der Waals surface area (Å²) >= 11 is 0. The molecule has 0 aliphatic heterocycles. The molecule has 0 saturated carbocycles. The van der Waals surface area contributed by atoms with E-state index in [-0.39, 0.29) is 24.7 Å². The summed E-state index contributed by atoms with van der Waals surface area (Å²) in [5.41, 5.74) is 10.2. The molecule has 184 valence electrons. The number of halogens is 2. The van der Waals surface area contributed by atoms with Crippen LogP contribution in [-0.4, -0.2) is 20.9 Å². The van der Waals surface area contributed by atoms with Gasteiger partial charge in [0, 0.05) is 30.9 Å². The second kappa shape index (κ2) is 10.4. The second-order valence-corrected chi connectivity index (χ2v) is 8.36. The highest BCUT2D eigenvalue weighted by molar-refractivity contribution is 5.94. The predicted molar refractivity (Wildman–Crippen MR) is 138 cm³/mol. The number of anilines is 2. The van der Waals surface area contributed by atoms with Gasteiger partial charge in [-0.05, 0) is 58.7 Å². The highest BCUT2D eigenvalue weighted by Crippen LogP contribution is 2.28. The van der Waals surface area contributed by atoms with E-state index in [1.54, 1.807) is 18.3 Å². The van der Waals surface area contributed by atoms with Crippen LogP contribution in [0.4, 0.5) is 20.3 Å². The molecular formula is C28H22F2N6O. The summed E-state index contributed by atoms with van der Waals surface area (Å²) < 4.78 is 28.8. The van der Waals surface area contributed by atoms with Crippen molar-refractivity contribution in [2.75, 3.05) is 11.1 Å². The number of hydrogen-bond donors (Lipinski definition) is 3. The minimum Gasteiger partial charge on any atom is -0.383 e. The van der Waals surface area contributed by atoms with Crippen molar-refractivity contribution < 1.29 is 13.6 Å². The number of rotatable bonds is 7. The van der Waals surface area contributed by atoms with Crippen LogP contribution in [0.2, 0.25) is 0 Å². The van der Waals surface area contributed by atoms with Crippen LogP contribution in [0.5, 0.6) is 0 Å². The zero-order chi connectivity index (χ0) is 25.8. The van der Waals surface area contributed by atoms with Crippen molar-refractivity contribution in [1.29, 1.82) is 0 Å². The largest absolute Gasteiger partial charge is 0.383 e. The van der Waals surface area contributed by atoms with Gasteiger partial charge in [0.25, 0.3) is 5.91 Å². The van der Waals surface area contributed by atoms with E-state index >= 15 is 0 Å².